The molecule has 0 bridgehead atoms. The van der Waals surface area contributed by atoms with Crippen molar-refractivity contribution in [1.82, 2.24) is 15.2 Å². The number of thiazole rings is 1. The molecule has 1 fully saturated rings. The molecule has 1 aromatic heterocycles. The second-order valence-corrected chi connectivity index (χ2v) is 6.88. The molecule has 0 unspecified atom stereocenters. The van der Waals surface area contributed by atoms with Crippen LogP contribution in [0.5, 0.6) is 0 Å². The molecule has 2 heterocycles. The van der Waals surface area contributed by atoms with E-state index in [0.29, 0.717) is 13.0 Å². The highest BCUT2D eigenvalue weighted by atomic mass is 32.1. The van der Waals surface area contributed by atoms with Crippen LogP contribution >= 0.6 is 11.3 Å². The fourth-order valence-electron chi connectivity index (χ4n) is 3.09. The highest BCUT2D eigenvalue weighted by molar-refractivity contribution is 7.13. The van der Waals surface area contributed by atoms with E-state index in [-0.39, 0.29) is 18.7 Å². The number of carbonyl (C=O) groups is 1. The van der Waals surface area contributed by atoms with Crippen molar-refractivity contribution < 1.29 is 9.90 Å². The number of nitrogens with one attached hydrogen (secondary N) is 1. The van der Waals surface area contributed by atoms with Gasteiger partial charge in [0.2, 0.25) is 0 Å². The van der Waals surface area contributed by atoms with Gasteiger partial charge in [0, 0.05) is 30.1 Å². The lowest BCUT2D eigenvalue weighted by Crippen LogP contribution is -2.48. The van der Waals surface area contributed by atoms with Crippen molar-refractivity contribution >= 4 is 17.4 Å². The Morgan fingerprint density at radius 1 is 1.33 bits per heavy atom. The van der Waals surface area contributed by atoms with Gasteiger partial charge in [-0.1, -0.05) is 30.3 Å². The molecule has 0 aliphatic carbocycles. The minimum absolute atomic E-state index is 0.0533. The third-order valence-corrected chi connectivity index (χ3v) is 5.28. The molecule has 1 atom stereocenters. The molecule has 0 saturated carbocycles. The van der Waals surface area contributed by atoms with Crippen LogP contribution in [0.3, 0.4) is 0 Å². The van der Waals surface area contributed by atoms with Crippen molar-refractivity contribution in [3.63, 3.8) is 0 Å². The summed E-state index contributed by atoms with van der Waals surface area (Å²) in [6.45, 7) is 1.33. The second kappa shape index (κ2) is 8.26. The van der Waals surface area contributed by atoms with Gasteiger partial charge in [0.1, 0.15) is 5.01 Å². The van der Waals surface area contributed by atoms with Gasteiger partial charge < -0.3 is 15.3 Å². The second-order valence-electron chi connectivity index (χ2n) is 6.02. The molecule has 2 N–H and O–H groups in total. The minimum Gasteiger partial charge on any atom is -0.396 e. The number of amides is 2. The molecular formula is C18H23N3O2S. The van der Waals surface area contributed by atoms with Crippen LogP contribution in [0.15, 0.2) is 35.7 Å². The molecule has 5 nitrogen and oxygen atoms in total. The van der Waals surface area contributed by atoms with Crippen LogP contribution in [-0.4, -0.2) is 40.2 Å². The predicted octanol–water partition coefficient (Wildman–Crippen LogP) is 3.26. The van der Waals surface area contributed by atoms with Crippen molar-refractivity contribution in [1.29, 1.82) is 0 Å². The molecule has 6 heteroatoms. The van der Waals surface area contributed by atoms with Crippen molar-refractivity contribution in [2.75, 3.05) is 13.2 Å². The van der Waals surface area contributed by atoms with Crippen LogP contribution in [0.25, 0.3) is 10.6 Å². The summed E-state index contributed by atoms with van der Waals surface area (Å²) in [4.78, 5) is 18.9. The number of likely N-dealkylation sites (tertiary alicyclic amines) is 1. The van der Waals surface area contributed by atoms with E-state index in [1.807, 2.05) is 40.6 Å². The number of urea groups is 1. The molecule has 2 aromatic rings. The molecular weight excluding hydrogens is 322 g/mol. The lowest BCUT2D eigenvalue weighted by Gasteiger charge is -2.35. The molecule has 1 aliphatic rings. The van der Waals surface area contributed by atoms with E-state index in [0.717, 1.165) is 42.1 Å². The molecule has 2 amide bonds. The van der Waals surface area contributed by atoms with Gasteiger partial charge in [0.15, 0.2) is 0 Å². The fourth-order valence-corrected chi connectivity index (χ4v) is 3.91. The Balaban J connectivity index is 1.57. The van der Waals surface area contributed by atoms with Crippen molar-refractivity contribution in [2.45, 2.75) is 38.3 Å². The van der Waals surface area contributed by atoms with E-state index in [1.165, 1.54) is 0 Å². The quantitative estimate of drug-likeness (QED) is 0.874. The van der Waals surface area contributed by atoms with Gasteiger partial charge in [0.05, 0.1) is 12.2 Å². The number of aromatic nitrogens is 1. The largest absolute Gasteiger partial charge is 0.396 e. The Bertz CT molecular complexity index is 657. The standard InChI is InChI=1S/C18H23N3O2S/c22-11-9-16-8-4-5-10-21(16)18(23)19-12-15-13-24-17(20-15)14-6-2-1-3-7-14/h1-3,6-7,13,16,22H,4-5,8-12H2,(H,19,23)/t16-/m0/s1. The molecule has 128 valence electrons. The predicted molar refractivity (Wildman–Crippen MR) is 95.8 cm³/mol. The highest BCUT2D eigenvalue weighted by Gasteiger charge is 2.26. The first-order valence-corrected chi connectivity index (χ1v) is 9.31. The third-order valence-electron chi connectivity index (χ3n) is 4.34. The first kappa shape index (κ1) is 16.9. The van der Waals surface area contributed by atoms with Crippen LogP contribution in [-0.2, 0) is 6.54 Å². The average Bonchev–Trinajstić information content (AvgIpc) is 3.10. The maximum Gasteiger partial charge on any atom is 0.317 e. The molecule has 24 heavy (non-hydrogen) atoms. The maximum absolute atomic E-state index is 12.4. The Morgan fingerprint density at radius 2 is 2.17 bits per heavy atom. The van der Waals surface area contributed by atoms with E-state index < -0.39 is 0 Å². The van der Waals surface area contributed by atoms with E-state index >= 15 is 0 Å². The molecule has 0 spiro atoms. The van der Waals surface area contributed by atoms with Crippen molar-refractivity contribution in [3.05, 3.63) is 41.4 Å². The Labute approximate surface area is 146 Å². The molecule has 1 aromatic carbocycles. The minimum atomic E-state index is -0.0533. The van der Waals surface area contributed by atoms with Crippen LogP contribution in [0, 0.1) is 0 Å². The summed E-state index contributed by atoms with van der Waals surface area (Å²) in [5.41, 5.74) is 1.97. The van der Waals surface area contributed by atoms with Crippen LogP contribution in [0.4, 0.5) is 4.79 Å². The van der Waals surface area contributed by atoms with E-state index in [4.69, 9.17) is 5.11 Å². The number of carbonyl (C=O) groups excluding carboxylic acids is 1. The number of benzene rings is 1. The first-order chi connectivity index (χ1) is 11.8. The van der Waals surface area contributed by atoms with Crippen molar-refractivity contribution in [3.8, 4) is 10.6 Å². The number of aliphatic hydroxyl groups is 1. The lowest BCUT2D eigenvalue weighted by atomic mass is 10.0. The molecule has 3 rings (SSSR count). The SMILES string of the molecule is O=C(NCc1csc(-c2ccccc2)n1)N1CCCC[C@H]1CCO. The van der Waals surface area contributed by atoms with Gasteiger partial charge in [-0.3, -0.25) is 0 Å². The van der Waals surface area contributed by atoms with Crippen LogP contribution in [0.1, 0.15) is 31.4 Å². The summed E-state index contributed by atoms with van der Waals surface area (Å²) in [5.74, 6) is 0. The highest BCUT2D eigenvalue weighted by Crippen LogP contribution is 2.23. The number of hydrogen-bond donors (Lipinski definition) is 2. The third kappa shape index (κ3) is 4.13. The number of piperidine rings is 1. The van der Waals surface area contributed by atoms with E-state index in [9.17, 15) is 4.79 Å². The Kier molecular flexibility index (Phi) is 5.82. The fraction of sp³-hybridized carbons (Fsp3) is 0.444. The summed E-state index contributed by atoms with van der Waals surface area (Å²) in [7, 11) is 0. The first-order valence-electron chi connectivity index (χ1n) is 8.43. The number of hydrogen-bond acceptors (Lipinski definition) is 4. The molecule has 1 aliphatic heterocycles. The lowest BCUT2D eigenvalue weighted by molar-refractivity contribution is 0.131. The number of nitrogens with zero attached hydrogens (tertiary/aromatic N) is 2. The van der Waals surface area contributed by atoms with E-state index in [1.54, 1.807) is 11.3 Å². The van der Waals surface area contributed by atoms with Gasteiger partial charge in [-0.05, 0) is 25.7 Å². The van der Waals surface area contributed by atoms with Gasteiger partial charge in [-0.2, -0.15) is 0 Å². The summed E-state index contributed by atoms with van der Waals surface area (Å²) >= 11 is 1.59. The zero-order valence-corrected chi connectivity index (χ0v) is 14.5. The summed E-state index contributed by atoms with van der Waals surface area (Å²) in [5, 5.41) is 15.1. The summed E-state index contributed by atoms with van der Waals surface area (Å²) in [6, 6.07) is 10.1. The zero-order chi connectivity index (χ0) is 16.8. The normalized spacial score (nSPS) is 17.7. The number of rotatable bonds is 5. The summed E-state index contributed by atoms with van der Waals surface area (Å²) in [6.07, 6.45) is 3.79. The van der Waals surface area contributed by atoms with E-state index in [2.05, 4.69) is 10.3 Å². The molecule has 1 saturated heterocycles. The average molecular weight is 345 g/mol. The summed E-state index contributed by atoms with van der Waals surface area (Å²) < 4.78 is 0. The van der Waals surface area contributed by atoms with Crippen molar-refractivity contribution in [2.24, 2.45) is 0 Å². The van der Waals surface area contributed by atoms with Crippen LogP contribution in [0.2, 0.25) is 0 Å². The Morgan fingerprint density at radius 3 is 2.96 bits per heavy atom. The smallest absolute Gasteiger partial charge is 0.317 e. The topological polar surface area (TPSA) is 65.5 Å². The zero-order valence-electron chi connectivity index (χ0n) is 13.6. The van der Waals surface area contributed by atoms with Gasteiger partial charge >= 0.3 is 6.03 Å². The van der Waals surface area contributed by atoms with Crippen LogP contribution < -0.4 is 5.32 Å². The Hall–Kier alpha value is -1.92. The van der Waals surface area contributed by atoms with Gasteiger partial charge in [0.25, 0.3) is 0 Å². The van der Waals surface area contributed by atoms with Gasteiger partial charge in [-0.25, -0.2) is 9.78 Å². The monoisotopic (exact) mass is 345 g/mol. The molecule has 0 radical (unpaired) electrons. The number of aliphatic hydroxyl groups excluding tert-OH is 1. The van der Waals surface area contributed by atoms with Gasteiger partial charge in [-0.15, -0.1) is 11.3 Å². The maximum atomic E-state index is 12.4.